The lowest BCUT2D eigenvalue weighted by Gasteiger charge is -2.30. The van der Waals surface area contributed by atoms with Crippen LogP contribution < -0.4 is 5.73 Å². The molecule has 0 saturated carbocycles. The first-order valence-corrected chi connectivity index (χ1v) is 5.09. The van der Waals surface area contributed by atoms with Crippen LogP contribution in [0.5, 0.6) is 0 Å². The molecular weight excluding hydrogens is 160 g/mol. The Labute approximate surface area is 82.8 Å². The van der Waals surface area contributed by atoms with E-state index in [0.29, 0.717) is 0 Å². The first-order chi connectivity index (χ1) is 6.05. The topological polar surface area (TPSA) is 29.3 Å². The van der Waals surface area contributed by atoms with E-state index in [4.69, 9.17) is 5.73 Å². The van der Waals surface area contributed by atoms with Crippen molar-refractivity contribution in [1.82, 2.24) is 4.90 Å². The lowest BCUT2D eigenvalue weighted by atomic mass is 9.93. The molecule has 0 aromatic rings. The van der Waals surface area contributed by atoms with E-state index in [-0.39, 0.29) is 5.41 Å². The standard InChI is InChI=1S/C11H24N2/c1-5-7-13(8-6-2)10-11(3,4)9-12/h5H,1,6-10,12H2,2-4H3. The average molecular weight is 184 g/mol. The molecule has 2 heteroatoms. The largest absolute Gasteiger partial charge is 0.330 e. The van der Waals surface area contributed by atoms with Crippen molar-refractivity contribution >= 4 is 0 Å². The van der Waals surface area contributed by atoms with Crippen LogP contribution >= 0.6 is 0 Å². The maximum absolute atomic E-state index is 5.69. The quantitative estimate of drug-likeness (QED) is 0.612. The summed E-state index contributed by atoms with van der Waals surface area (Å²) < 4.78 is 0. The molecule has 0 rings (SSSR count). The van der Waals surface area contributed by atoms with Gasteiger partial charge in [-0.2, -0.15) is 0 Å². The molecule has 0 atom stereocenters. The zero-order chi connectivity index (χ0) is 10.3. The normalized spacial score (nSPS) is 12.1. The monoisotopic (exact) mass is 184 g/mol. The molecule has 2 nitrogen and oxygen atoms in total. The Morgan fingerprint density at radius 2 is 2.08 bits per heavy atom. The van der Waals surface area contributed by atoms with Gasteiger partial charge >= 0.3 is 0 Å². The van der Waals surface area contributed by atoms with E-state index >= 15 is 0 Å². The van der Waals surface area contributed by atoms with Crippen molar-refractivity contribution in [3.63, 3.8) is 0 Å². The predicted octanol–water partition coefficient (Wildman–Crippen LogP) is 1.87. The maximum Gasteiger partial charge on any atom is 0.0160 e. The number of rotatable bonds is 7. The molecule has 0 spiro atoms. The van der Waals surface area contributed by atoms with Gasteiger partial charge in [0.1, 0.15) is 0 Å². The van der Waals surface area contributed by atoms with Crippen LogP contribution in [0.1, 0.15) is 27.2 Å². The molecule has 13 heavy (non-hydrogen) atoms. The van der Waals surface area contributed by atoms with Crippen molar-refractivity contribution in [1.29, 1.82) is 0 Å². The second-order valence-corrected chi connectivity index (χ2v) is 4.39. The van der Waals surface area contributed by atoms with Gasteiger partial charge in [-0.15, -0.1) is 6.58 Å². The molecular formula is C11H24N2. The number of hydrogen-bond donors (Lipinski definition) is 1. The van der Waals surface area contributed by atoms with Crippen molar-refractivity contribution in [3.05, 3.63) is 12.7 Å². The zero-order valence-electron chi connectivity index (χ0n) is 9.34. The highest BCUT2D eigenvalue weighted by molar-refractivity contribution is 4.79. The molecule has 0 saturated heterocycles. The summed E-state index contributed by atoms with van der Waals surface area (Å²) in [6.45, 7) is 14.3. The van der Waals surface area contributed by atoms with Gasteiger partial charge in [-0.3, -0.25) is 4.90 Å². The Balaban J connectivity index is 3.99. The average Bonchev–Trinajstić information content (AvgIpc) is 2.05. The van der Waals surface area contributed by atoms with Crippen LogP contribution in [0.15, 0.2) is 12.7 Å². The van der Waals surface area contributed by atoms with Gasteiger partial charge in [0.25, 0.3) is 0 Å². The lowest BCUT2D eigenvalue weighted by molar-refractivity contribution is 0.198. The molecule has 0 bridgehead atoms. The highest BCUT2D eigenvalue weighted by Crippen LogP contribution is 2.14. The molecule has 0 aromatic carbocycles. The molecule has 0 radical (unpaired) electrons. The zero-order valence-corrected chi connectivity index (χ0v) is 9.34. The highest BCUT2D eigenvalue weighted by Gasteiger charge is 2.18. The Morgan fingerprint density at radius 3 is 2.46 bits per heavy atom. The number of nitrogens with zero attached hydrogens (tertiary/aromatic N) is 1. The fraction of sp³-hybridized carbons (Fsp3) is 0.818. The van der Waals surface area contributed by atoms with Crippen LogP contribution in [0, 0.1) is 5.41 Å². The van der Waals surface area contributed by atoms with Gasteiger partial charge in [-0.05, 0) is 24.9 Å². The van der Waals surface area contributed by atoms with Crippen LogP contribution in [0.25, 0.3) is 0 Å². The second-order valence-electron chi connectivity index (χ2n) is 4.39. The predicted molar refractivity (Wildman–Crippen MR) is 59.8 cm³/mol. The molecule has 0 aliphatic rings. The van der Waals surface area contributed by atoms with Gasteiger partial charge in [-0.25, -0.2) is 0 Å². The third-order valence-corrected chi connectivity index (χ3v) is 2.13. The van der Waals surface area contributed by atoms with E-state index < -0.39 is 0 Å². The van der Waals surface area contributed by atoms with Gasteiger partial charge in [0.05, 0.1) is 0 Å². The van der Waals surface area contributed by atoms with E-state index in [1.807, 2.05) is 6.08 Å². The summed E-state index contributed by atoms with van der Waals surface area (Å²) in [6, 6.07) is 0. The summed E-state index contributed by atoms with van der Waals surface area (Å²) in [7, 11) is 0. The molecule has 0 aromatic heterocycles. The second kappa shape index (κ2) is 6.17. The van der Waals surface area contributed by atoms with Crippen LogP contribution in [0.3, 0.4) is 0 Å². The molecule has 0 fully saturated rings. The fourth-order valence-corrected chi connectivity index (χ4v) is 1.40. The van der Waals surface area contributed by atoms with Crippen LogP contribution in [0.4, 0.5) is 0 Å². The minimum atomic E-state index is 0.220. The van der Waals surface area contributed by atoms with E-state index in [0.717, 1.165) is 26.2 Å². The third kappa shape index (κ3) is 5.83. The van der Waals surface area contributed by atoms with Crippen molar-refractivity contribution < 1.29 is 0 Å². The summed E-state index contributed by atoms with van der Waals surface area (Å²) >= 11 is 0. The van der Waals surface area contributed by atoms with Gasteiger partial charge in [0.15, 0.2) is 0 Å². The SMILES string of the molecule is C=CCN(CCC)CC(C)(C)CN. The minimum absolute atomic E-state index is 0.220. The van der Waals surface area contributed by atoms with Crippen molar-refractivity contribution in [2.24, 2.45) is 11.1 Å². The maximum atomic E-state index is 5.69. The molecule has 0 aliphatic heterocycles. The molecule has 0 amide bonds. The summed E-state index contributed by atoms with van der Waals surface area (Å²) in [5.41, 5.74) is 5.91. The van der Waals surface area contributed by atoms with Crippen LogP contribution in [-0.2, 0) is 0 Å². The van der Waals surface area contributed by atoms with E-state index in [1.54, 1.807) is 0 Å². The van der Waals surface area contributed by atoms with E-state index in [2.05, 4.69) is 32.3 Å². The van der Waals surface area contributed by atoms with Crippen molar-refractivity contribution in [3.8, 4) is 0 Å². The third-order valence-electron chi connectivity index (χ3n) is 2.13. The Kier molecular flexibility index (Phi) is 6.00. The summed E-state index contributed by atoms with van der Waals surface area (Å²) in [5, 5.41) is 0. The van der Waals surface area contributed by atoms with Crippen LogP contribution in [-0.4, -0.2) is 31.1 Å². The highest BCUT2D eigenvalue weighted by atomic mass is 15.1. The Bertz CT molecular complexity index is 141. The summed E-state index contributed by atoms with van der Waals surface area (Å²) in [4.78, 5) is 2.40. The number of nitrogens with two attached hydrogens (primary N) is 1. The molecule has 78 valence electrons. The first kappa shape index (κ1) is 12.7. The fourth-order valence-electron chi connectivity index (χ4n) is 1.40. The van der Waals surface area contributed by atoms with Gasteiger partial charge in [0.2, 0.25) is 0 Å². The van der Waals surface area contributed by atoms with Crippen molar-refractivity contribution in [2.75, 3.05) is 26.2 Å². The van der Waals surface area contributed by atoms with E-state index in [1.165, 1.54) is 6.42 Å². The first-order valence-electron chi connectivity index (χ1n) is 5.09. The van der Waals surface area contributed by atoms with Gasteiger partial charge in [-0.1, -0.05) is 26.8 Å². The van der Waals surface area contributed by atoms with Gasteiger partial charge in [0, 0.05) is 13.1 Å². The van der Waals surface area contributed by atoms with Gasteiger partial charge < -0.3 is 5.73 Å². The Morgan fingerprint density at radius 1 is 1.46 bits per heavy atom. The molecule has 0 heterocycles. The molecule has 0 unspecified atom stereocenters. The van der Waals surface area contributed by atoms with E-state index in [9.17, 15) is 0 Å². The summed E-state index contributed by atoms with van der Waals surface area (Å²) in [5.74, 6) is 0. The lowest BCUT2D eigenvalue weighted by Crippen LogP contribution is -2.39. The molecule has 2 N–H and O–H groups in total. The van der Waals surface area contributed by atoms with Crippen molar-refractivity contribution in [2.45, 2.75) is 27.2 Å². The minimum Gasteiger partial charge on any atom is -0.330 e. The smallest absolute Gasteiger partial charge is 0.0160 e. The van der Waals surface area contributed by atoms with Crippen LogP contribution in [0.2, 0.25) is 0 Å². The molecule has 0 aliphatic carbocycles. The summed E-state index contributed by atoms with van der Waals surface area (Å²) in [6.07, 6.45) is 3.15. The number of hydrogen-bond acceptors (Lipinski definition) is 2. The Hall–Kier alpha value is -0.340.